The number of likely N-dealkylation sites (tertiary alicyclic amines) is 1. The number of nitrogens with zero attached hydrogens (tertiary/aromatic N) is 1. The molecule has 16 heavy (non-hydrogen) atoms. The molecule has 0 spiro atoms. The molecule has 2 unspecified atom stereocenters. The summed E-state index contributed by atoms with van der Waals surface area (Å²) in [6, 6.07) is 0. The Morgan fingerprint density at radius 3 is 2.62 bits per heavy atom. The van der Waals surface area contributed by atoms with Crippen LogP contribution in [0.4, 0.5) is 0 Å². The Bertz CT molecular complexity index is 278. The number of esters is 1. The molecule has 0 radical (unpaired) electrons. The van der Waals surface area contributed by atoms with Crippen molar-refractivity contribution in [1.82, 2.24) is 4.90 Å². The fourth-order valence-corrected chi connectivity index (χ4v) is 2.40. The molecule has 2 saturated heterocycles. The van der Waals surface area contributed by atoms with Gasteiger partial charge in [-0.1, -0.05) is 6.58 Å². The van der Waals surface area contributed by atoms with E-state index in [1.807, 2.05) is 0 Å². The van der Waals surface area contributed by atoms with Gasteiger partial charge >= 0.3 is 5.97 Å². The van der Waals surface area contributed by atoms with Crippen LogP contribution in [0.2, 0.25) is 0 Å². The van der Waals surface area contributed by atoms with Gasteiger partial charge in [-0.25, -0.2) is 4.79 Å². The molecule has 0 aromatic heterocycles. The first-order chi connectivity index (χ1) is 7.69. The first-order valence-electron chi connectivity index (χ1n) is 5.91. The van der Waals surface area contributed by atoms with E-state index in [-0.39, 0.29) is 5.97 Å². The third kappa shape index (κ3) is 2.62. The maximum Gasteiger partial charge on any atom is 0.334 e. The van der Waals surface area contributed by atoms with Gasteiger partial charge in [0, 0.05) is 25.2 Å². The van der Waals surface area contributed by atoms with Crippen LogP contribution in [0.3, 0.4) is 0 Å². The largest absolute Gasteiger partial charge is 0.463 e. The molecule has 0 aromatic rings. The van der Waals surface area contributed by atoms with Gasteiger partial charge in [0.1, 0.15) is 0 Å². The minimum absolute atomic E-state index is 0.277. The normalized spacial score (nSPS) is 29.1. The maximum absolute atomic E-state index is 11.4. The molecule has 2 bridgehead atoms. The van der Waals surface area contributed by atoms with Gasteiger partial charge in [-0.2, -0.15) is 0 Å². The van der Waals surface area contributed by atoms with Crippen molar-refractivity contribution in [2.24, 2.45) is 0 Å². The summed E-state index contributed by atoms with van der Waals surface area (Å²) in [6.45, 7) is 8.43. The highest BCUT2D eigenvalue weighted by Crippen LogP contribution is 2.26. The third-order valence-electron chi connectivity index (χ3n) is 3.10. The van der Waals surface area contributed by atoms with Crippen LogP contribution in [0.15, 0.2) is 12.2 Å². The Morgan fingerprint density at radius 1 is 1.44 bits per heavy atom. The molecule has 2 heterocycles. The van der Waals surface area contributed by atoms with Crippen molar-refractivity contribution in [2.45, 2.75) is 32.0 Å². The molecule has 4 heteroatoms. The molecule has 4 nitrogen and oxygen atoms in total. The second-order valence-corrected chi connectivity index (χ2v) is 4.48. The number of hydrogen-bond acceptors (Lipinski definition) is 4. The summed E-state index contributed by atoms with van der Waals surface area (Å²) in [5, 5.41) is 0. The summed E-state index contributed by atoms with van der Waals surface area (Å²) in [6.07, 6.45) is 3.00. The van der Waals surface area contributed by atoms with E-state index in [2.05, 4.69) is 11.5 Å². The SMILES string of the molecule is C=C(CN1CC2CCC(C1)O2)C(=O)OCC. The van der Waals surface area contributed by atoms with Gasteiger partial charge in [0.15, 0.2) is 0 Å². The number of carbonyl (C=O) groups is 1. The standard InChI is InChI=1S/C12H19NO3/c1-3-15-12(14)9(2)6-13-7-10-4-5-11(8-13)16-10/h10-11H,2-8H2,1H3. The molecular weight excluding hydrogens is 206 g/mol. The van der Waals surface area contributed by atoms with Crippen LogP contribution in [0.1, 0.15) is 19.8 Å². The lowest BCUT2D eigenvalue weighted by Crippen LogP contribution is -2.43. The molecule has 2 atom stereocenters. The van der Waals surface area contributed by atoms with Crippen LogP contribution < -0.4 is 0 Å². The molecule has 2 rings (SSSR count). The van der Waals surface area contributed by atoms with Crippen LogP contribution in [0, 0.1) is 0 Å². The van der Waals surface area contributed by atoms with E-state index < -0.39 is 0 Å². The monoisotopic (exact) mass is 225 g/mol. The van der Waals surface area contributed by atoms with E-state index in [1.54, 1.807) is 6.92 Å². The quantitative estimate of drug-likeness (QED) is 0.528. The van der Waals surface area contributed by atoms with Gasteiger partial charge in [0.2, 0.25) is 0 Å². The lowest BCUT2D eigenvalue weighted by Gasteiger charge is -2.32. The summed E-state index contributed by atoms with van der Waals surface area (Å²) in [5.74, 6) is -0.277. The minimum atomic E-state index is -0.277. The number of rotatable bonds is 4. The van der Waals surface area contributed by atoms with Gasteiger partial charge in [-0.3, -0.25) is 4.90 Å². The predicted molar refractivity (Wildman–Crippen MR) is 60.1 cm³/mol. The zero-order chi connectivity index (χ0) is 11.5. The topological polar surface area (TPSA) is 38.8 Å². The zero-order valence-corrected chi connectivity index (χ0v) is 9.78. The average molecular weight is 225 g/mol. The summed E-state index contributed by atoms with van der Waals surface area (Å²) < 4.78 is 10.6. The molecule has 2 aliphatic heterocycles. The van der Waals surface area contributed by atoms with Gasteiger partial charge < -0.3 is 9.47 Å². The molecule has 2 aliphatic rings. The molecular formula is C12H19NO3. The van der Waals surface area contributed by atoms with Gasteiger partial charge in [-0.15, -0.1) is 0 Å². The zero-order valence-electron chi connectivity index (χ0n) is 9.78. The van der Waals surface area contributed by atoms with E-state index in [0.29, 0.717) is 30.9 Å². The molecule has 0 N–H and O–H groups in total. The third-order valence-corrected chi connectivity index (χ3v) is 3.10. The highest BCUT2D eigenvalue weighted by Gasteiger charge is 2.34. The van der Waals surface area contributed by atoms with Crippen molar-refractivity contribution < 1.29 is 14.3 Å². The van der Waals surface area contributed by atoms with Crippen molar-refractivity contribution in [2.75, 3.05) is 26.2 Å². The fraction of sp³-hybridized carbons (Fsp3) is 0.750. The molecule has 0 aliphatic carbocycles. The van der Waals surface area contributed by atoms with Crippen LogP contribution >= 0.6 is 0 Å². The lowest BCUT2D eigenvalue weighted by atomic mass is 10.2. The molecule has 0 aromatic carbocycles. The summed E-state index contributed by atoms with van der Waals surface area (Å²) in [4.78, 5) is 13.7. The summed E-state index contributed by atoms with van der Waals surface area (Å²) in [7, 11) is 0. The number of fused-ring (bicyclic) bond motifs is 2. The molecule has 0 amide bonds. The maximum atomic E-state index is 11.4. The Balaban J connectivity index is 1.81. The van der Waals surface area contributed by atoms with Crippen molar-refractivity contribution in [3.05, 3.63) is 12.2 Å². The highest BCUT2D eigenvalue weighted by molar-refractivity contribution is 5.88. The molecule has 2 fully saturated rings. The predicted octanol–water partition coefficient (Wildman–Crippen LogP) is 0.969. The van der Waals surface area contributed by atoms with Crippen LogP contribution in [0.5, 0.6) is 0 Å². The first-order valence-corrected chi connectivity index (χ1v) is 5.91. The Kier molecular flexibility index (Phi) is 3.61. The molecule has 0 saturated carbocycles. The Hall–Kier alpha value is -0.870. The fourth-order valence-electron chi connectivity index (χ4n) is 2.40. The van der Waals surface area contributed by atoms with E-state index in [1.165, 1.54) is 0 Å². The van der Waals surface area contributed by atoms with Crippen LogP contribution in [-0.4, -0.2) is 49.3 Å². The summed E-state index contributed by atoms with van der Waals surface area (Å²) in [5.41, 5.74) is 0.545. The number of hydrogen-bond donors (Lipinski definition) is 0. The first kappa shape index (κ1) is 11.6. The number of ether oxygens (including phenoxy) is 2. The minimum Gasteiger partial charge on any atom is -0.463 e. The average Bonchev–Trinajstić information content (AvgIpc) is 2.58. The Labute approximate surface area is 96.2 Å². The second kappa shape index (κ2) is 4.97. The number of morpholine rings is 1. The van der Waals surface area contributed by atoms with E-state index >= 15 is 0 Å². The van der Waals surface area contributed by atoms with Gasteiger partial charge in [-0.05, 0) is 19.8 Å². The molecule has 90 valence electrons. The second-order valence-electron chi connectivity index (χ2n) is 4.48. The van der Waals surface area contributed by atoms with Gasteiger partial charge in [0.25, 0.3) is 0 Å². The van der Waals surface area contributed by atoms with Crippen molar-refractivity contribution >= 4 is 5.97 Å². The summed E-state index contributed by atoms with van der Waals surface area (Å²) >= 11 is 0. The number of carbonyl (C=O) groups excluding carboxylic acids is 1. The van der Waals surface area contributed by atoms with Crippen molar-refractivity contribution in [3.63, 3.8) is 0 Å². The van der Waals surface area contributed by atoms with Crippen LogP contribution in [-0.2, 0) is 14.3 Å². The van der Waals surface area contributed by atoms with Crippen molar-refractivity contribution in [1.29, 1.82) is 0 Å². The van der Waals surface area contributed by atoms with Crippen LogP contribution in [0.25, 0.3) is 0 Å². The lowest BCUT2D eigenvalue weighted by molar-refractivity contribution is -0.139. The highest BCUT2D eigenvalue weighted by atomic mass is 16.5. The Morgan fingerprint density at radius 2 is 2.06 bits per heavy atom. The smallest absolute Gasteiger partial charge is 0.334 e. The van der Waals surface area contributed by atoms with Gasteiger partial charge in [0.05, 0.1) is 18.8 Å². The van der Waals surface area contributed by atoms with E-state index in [0.717, 1.165) is 25.9 Å². The van der Waals surface area contributed by atoms with E-state index in [9.17, 15) is 4.79 Å². The van der Waals surface area contributed by atoms with Crippen molar-refractivity contribution in [3.8, 4) is 0 Å². The van der Waals surface area contributed by atoms with E-state index in [4.69, 9.17) is 9.47 Å².